The van der Waals surface area contributed by atoms with E-state index >= 15 is 0 Å². The van der Waals surface area contributed by atoms with Crippen LogP contribution in [-0.2, 0) is 16.1 Å². The number of phenols is 1. The Bertz CT molecular complexity index is 441. The normalized spacial score (nSPS) is 10.0. The van der Waals surface area contributed by atoms with E-state index < -0.39 is 0 Å². The van der Waals surface area contributed by atoms with E-state index in [1.807, 2.05) is 0 Å². The minimum absolute atomic E-state index is 0.0723. The van der Waals surface area contributed by atoms with Crippen LogP contribution in [0.5, 0.6) is 11.5 Å². The van der Waals surface area contributed by atoms with Gasteiger partial charge in [0.15, 0.2) is 11.5 Å². The monoisotopic (exact) mass is 324 g/mol. The zero-order valence-electron chi connectivity index (χ0n) is 15.2. The van der Waals surface area contributed by atoms with Gasteiger partial charge in [0, 0.05) is 6.42 Å². The predicted octanol–water partition coefficient (Wildman–Crippen LogP) is 5.08. The average Bonchev–Trinajstić information content (AvgIpc) is 2.54. The molecule has 0 saturated heterocycles. The van der Waals surface area contributed by atoms with Crippen molar-refractivity contribution >= 4 is 5.97 Å². The zero-order chi connectivity index (χ0) is 17.7. The van der Waals surface area contributed by atoms with Gasteiger partial charge in [-0.15, -0.1) is 0 Å². The summed E-state index contributed by atoms with van der Waals surface area (Å²) in [6.07, 6.45) is 5.96. The van der Waals surface area contributed by atoms with Gasteiger partial charge in [-0.2, -0.15) is 0 Å². The Balaban J connectivity index is 0.000000515. The SMILES string of the molecule is CCC(=O)OCc1ccc(O)c(OC)c1.CCCCCC(C)C. The number of carbonyl (C=O) groups excluding carboxylic acids is 1. The van der Waals surface area contributed by atoms with Gasteiger partial charge in [0.2, 0.25) is 0 Å². The highest BCUT2D eigenvalue weighted by Crippen LogP contribution is 2.26. The van der Waals surface area contributed by atoms with Gasteiger partial charge in [-0.3, -0.25) is 4.79 Å². The third-order valence-electron chi connectivity index (χ3n) is 3.32. The van der Waals surface area contributed by atoms with Crippen LogP contribution >= 0.6 is 0 Å². The summed E-state index contributed by atoms with van der Waals surface area (Å²) in [5.74, 6) is 1.10. The molecule has 4 heteroatoms. The van der Waals surface area contributed by atoms with Gasteiger partial charge in [-0.05, 0) is 23.6 Å². The molecule has 1 aromatic rings. The van der Waals surface area contributed by atoms with Crippen molar-refractivity contribution in [3.8, 4) is 11.5 Å². The maximum atomic E-state index is 10.9. The lowest BCUT2D eigenvalue weighted by atomic mass is 10.1. The molecule has 0 aliphatic carbocycles. The zero-order valence-corrected chi connectivity index (χ0v) is 15.2. The van der Waals surface area contributed by atoms with Crippen LogP contribution in [0.3, 0.4) is 0 Å². The van der Waals surface area contributed by atoms with Gasteiger partial charge >= 0.3 is 5.97 Å². The topological polar surface area (TPSA) is 55.8 Å². The van der Waals surface area contributed by atoms with Gasteiger partial charge in [-0.1, -0.05) is 59.4 Å². The number of unbranched alkanes of at least 4 members (excludes halogenated alkanes) is 2. The summed E-state index contributed by atoms with van der Waals surface area (Å²) >= 11 is 0. The van der Waals surface area contributed by atoms with Crippen molar-refractivity contribution in [2.24, 2.45) is 5.92 Å². The molecule has 0 amide bonds. The molecule has 0 heterocycles. The summed E-state index contributed by atoms with van der Waals surface area (Å²) in [7, 11) is 1.47. The van der Waals surface area contributed by atoms with Crippen molar-refractivity contribution < 1.29 is 19.4 Å². The van der Waals surface area contributed by atoms with Crippen molar-refractivity contribution in [2.75, 3.05) is 7.11 Å². The second-order valence-corrected chi connectivity index (χ2v) is 5.91. The summed E-state index contributed by atoms with van der Waals surface area (Å²) in [5.41, 5.74) is 0.784. The quantitative estimate of drug-likeness (QED) is 0.535. The van der Waals surface area contributed by atoms with Crippen molar-refractivity contribution in [3.63, 3.8) is 0 Å². The van der Waals surface area contributed by atoms with Crippen LogP contribution in [0.2, 0.25) is 0 Å². The molecule has 0 atom stereocenters. The highest BCUT2D eigenvalue weighted by molar-refractivity contribution is 5.68. The minimum Gasteiger partial charge on any atom is -0.504 e. The summed E-state index contributed by atoms with van der Waals surface area (Å²) in [5, 5.41) is 9.33. The number of hydrogen-bond acceptors (Lipinski definition) is 4. The van der Waals surface area contributed by atoms with E-state index in [9.17, 15) is 9.90 Å². The summed E-state index contributed by atoms with van der Waals surface area (Å²) in [4.78, 5) is 10.9. The number of methoxy groups -OCH3 is 1. The third kappa shape index (κ3) is 10.6. The first-order chi connectivity index (χ1) is 10.9. The standard InChI is InChI=1S/C11H14O4.C8H18/c1-3-11(13)15-7-8-4-5-9(12)10(6-8)14-2;1-4-5-6-7-8(2)3/h4-6,12H,3,7H2,1-2H3;8H,4-7H2,1-3H3. The van der Waals surface area contributed by atoms with Crippen LogP contribution in [-0.4, -0.2) is 18.2 Å². The van der Waals surface area contributed by atoms with Crippen molar-refractivity contribution in [3.05, 3.63) is 23.8 Å². The number of carbonyl (C=O) groups is 1. The molecule has 0 aliphatic heterocycles. The third-order valence-corrected chi connectivity index (χ3v) is 3.32. The summed E-state index contributed by atoms with van der Waals surface area (Å²) in [6.45, 7) is 8.76. The van der Waals surface area contributed by atoms with E-state index in [-0.39, 0.29) is 18.3 Å². The molecule has 0 aromatic heterocycles. The molecule has 132 valence electrons. The fraction of sp³-hybridized carbons (Fsp3) is 0.632. The molecular formula is C19H32O4. The number of phenolic OH excluding ortho intramolecular Hbond substituents is 1. The Hall–Kier alpha value is -1.71. The van der Waals surface area contributed by atoms with E-state index in [4.69, 9.17) is 9.47 Å². The lowest BCUT2D eigenvalue weighted by molar-refractivity contribution is -0.144. The van der Waals surface area contributed by atoms with Gasteiger partial charge in [0.25, 0.3) is 0 Å². The van der Waals surface area contributed by atoms with E-state index in [1.165, 1.54) is 38.9 Å². The van der Waals surface area contributed by atoms with Gasteiger partial charge in [-0.25, -0.2) is 0 Å². The number of aromatic hydroxyl groups is 1. The van der Waals surface area contributed by atoms with E-state index in [1.54, 1.807) is 19.1 Å². The lowest BCUT2D eigenvalue weighted by Gasteiger charge is -2.07. The molecule has 0 radical (unpaired) electrons. The number of benzene rings is 1. The lowest BCUT2D eigenvalue weighted by Crippen LogP contribution is -2.02. The molecule has 1 N–H and O–H groups in total. The van der Waals surface area contributed by atoms with Gasteiger partial charge in [0.05, 0.1) is 7.11 Å². The molecule has 4 nitrogen and oxygen atoms in total. The first-order valence-corrected chi connectivity index (χ1v) is 8.46. The number of hydrogen-bond donors (Lipinski definition) is 1. The minimum atomic E-state index is -0.248. The molecular weight excluding hydrogens is 292 g/mol. The average molecular weight is 324 g/mol. The molecule has 0 aliphatic rings. The fourth-order valence-electron chi connectivity index (χ4n) is 1.88. The molecule has 0 spiro atoms. The highest BCUT2D eigenvalue weighted by Gasteiger charge is 2.04. The van der Waals surface area contributed by atoms with E-state index in [2.05, 4.69) is 20.8 Å². The van der Waals surface area contributed by atoms with Crippen molar-refractivity contribution in [2.45, 2.75) is 66.4 Å². The summed E-state index contributed by atoms with van der Waals surface area (Å²) < 4.78 is 9.87. The Morgan fingerprint density at radius 2 is 1.91 bits per heavy atom. The Kier molecular flexibility index (Phi) is 11.8. The van der Waals surface area contributed by atoms with E-state index in [0.29, 0.717) is 12.2 Å². The van der Waals surface area contributed by atoms with Crippen LogP contribution in [0, 0.1) is 5.92 Å². The van der Waals surface area contributed by atoms with Gasteiger partial charge < -0.3 is 14.6 Å². The molecule has 23 heavy (non-hydrogen) atoms. The smallest absolute Gasteiger partial charge is 0.305 e. The first kappa shape index (κ1) is 21.3. The molecule has 0 fully saturated rings. The molecule has 0 unspecified atom stereocenters. The second-order valence-electron chi connectivity index (χ2n) is 5.91. The van der Waals surface area contributed by atoms with Crippen molar-refractivity contribution in [1.29, 1.82) is 0 Å². The van der Waals surface area contributed by atoms with Crippen LogP contribution in [0.15, 0.2) is 18.2 Å². The maximum Gasteiger partial charge on any atom is 0.305 e. The Morgan fingerprint density at radius 3 is 2.43 bits per heavy atom. The van der Waals surface area contributed by atoms with Gasteiger partial charge in [0.1, 0.15) is 6.61 Å². The Labute approximate surface area is 140 Å². The molecule has 1 aromatic carbocycles. The maximum absolute atomic E-state index is 10.9. The number of ether oxygens (including phenoxy) is 2. The molecule has 1 rings (SSSR count). The molecule has 0 bridgehead atoms. The first-order valence-electron chi connectivity index (χ1n) is 8.46. The van der Waals surface area contributed by atoms with Crippen LogP contribution in [0.1, 0.15) is 65.4 Å². The fourth-order valence-corrected chi connectivity index (χ4v) is 1.88. The largest absolute Gasteiger partial charge is 0.504 e. The molecule has 0 saturated carbocycles. The summed E-state index contributed by atoms with van der Waals surface area (Å²) in [6, 6.07) is 4.83. The van der Waals surface area contributed by atoms with Crippen LogP contribution < -0.4 is 4.74 Å². The predicted molar refractivity (Wildman–Crippen MR) is 93.7 cm³/mol. The van der Waals surface area contributed by atoms with E-state index in [0.717, 1.165) is 11.5 Å². The van der Waals surface area contributed by atoms with Crippen LogP contribution in [0.4, 0.5) is 0 Å². The number of esters is 1. The number of rotatable bonds is 8. The Morgan fingerprint density at radius 1 is 1.22 bits per heavy atom. The second kappa shape index (κ2) is 12.8. The van der Waals surface area contributed by atoms with Crippen molar-refractivity contribution in [1.82, 2.24) is 0 Å². The van der Waals surface area contributed by atoms with Crippen LogP contribution in [0.25, 0.3) is 0 Å². The highest BCUT2D eigenvalue weighted by atomic mass is 16.5.